The Morgan fingerprint density at radius 3 is 0.732 bits per heavy atom. The zero-order chi connectivity index (χ0) is 71.4. The minimum Gasteiger partial charge on any atom is -0.462 e. The van der Waals surface area contributed by atoms with Gasteiger partial charge in [-0.25, -0.2) is 9.13 Å². The van der Waals surface area contributed by atoms with Crippen LogP contribution < -0.4 is 0 Å². The van der Waals surface area contributed by atoms with Crippen LogP contribution in [0.3, 0.4) is 0 Å². The van der Waals surface area contributed by atoms with Crippen molar-refractivity contribution in [2.75, 3.05) is 39.6 Å². The second kappa shape index (κ2) is 69.8. The van der Waals surface area contributed by atoms with E-state index in [0.717, 1.165) is 115 Å². The van der Waals surface area contributed by atoms with E-state index in [1.54, 1.807) is 0 Å². The average Bonchev–Trinajstić information content (AvgIpc) is 1.23. The normalized spacial score (nSPS) is 14.5. The van der Waals surface area contributed by atoms with E-state index in [0.29, 0.717) is 25.7 Å². The fourth-order valence-electron chi connectivity index (χ4n) is 11.9. The first-order chi connectivity index (χ1) is 46.9. The van der Waals surface area contributed by atoms with Gasteiger partial charge in [0.25, 0.3) is 0 Å². The average molecular weight is 1420 g/mol. The van der Waals surface area contributed by atoms with Crippen molar-refractivity contribution in [3.63, 3.8) is 0 Å². The summed E-state index contributed by atoms with van der Waals surface area (Å²) in [6.45, 7) is 9.63. The molecule has 17 nitrogen and oxygen atoms in total. The lowest BCUT2D eigenvalue weighted by Gasteiger charge is -2.21. The first-order valence-corrected chi connectivity index (χ1v) is 43.6. The van der Waals surface area contributed by atoms with Crippen LogP contribution in [0.5, 0.6) is 0 Å². The van der Waals surface area contributed by atoms with E-state index in [-0.39, 0.29) is 25.7 Å². The number of ether oxygens (including phenoxy) is 4. The number of hydrogen-bond acceptors (Lipinski definition) is 15. The molecule has 0 saturated carbocycles. The van der Waals surface area contributed by atoms with Crippen LogP contribution in [0.25, 0.3) is 0 Å². The Hall–Kier alpha value is -1.94. The number of unbranched alkanes of at least 4 members (excludes halogenated alkanes) is 45. The van der Waals surface area contributed by atoms with E-state index in [4.69, 9.17) is 37.0 Å². The number of aliphatic hydroxyl groups is 1. The maximum absolute atomic E-state index is 13.1. The van der Waals surface area contributed by atoms with Crippen molar-refractivity contribution < 1.29 is 80.2 Å². The third kappa shape index (κ3) is 69.5. The third-order valence-electron chi connectivity index (χ3n) is 18.9. The lowest BCUT2D eigenvalue weighted by Crippen LogP contribution is -2.30. The van der Waals surface area contributed by atoms with Crippen molar-refractivity contribution in [3.05, 3.63) is 0 Å². The van der Waals surface area contributed by atoms with Crippen molar-refractivity contribution in [2.45, 2.75) is 426 Å². The minimum atomic E-state index is -4.96. The van der Waals surface area contributed by atoms with Gasteiger partial charge in [-0.3, -0.25) is 37.3 Å². The molecule has 0 aromatic carbocycles. The first kappa shape index (κ1) is 95.1. The molecule has 0 rings (SSSR count). The predicted octanol–water partition coefficient (Wildman–Crippen LogP) is 23.1. The summed E-state index contributed by atoms with van der Waals surface area (Å²) in [6, 6.07) is 0. The van der Waals surface area contributed by atoms with Gasteiger partial charge in [0.2, 0.25) is 0 Å². The number of phosphoric ester groups is 2. The molecule has 0 aromatic rings. The van der Waals surface area contributed by atoms with Gasteiger partial charge in [0.15, 0.2) is 12.2 Å². The Labute approximate surface area is 594 Å². The smallest absolute Gasteiger partial charge is 0.462 e. The molecule has 0 spiro atoms. The highest BCUT2D eigenvalue weighted by Crippen LogP contribution is 2.45. The van der Waals surface area contributed by atoms with E-state index in [1.165, 1.54) is 212 Å². The molecule has 0 aliphatic heterocycles. The molecule has 3 N–H and O–H groups in total. The molecular formula is C78H152O17P2. The monoisotopic (exact) mass is 1420 g/mol. The molecule has 19 heteroatoms. The van der Waals surface area contributed by atoms with Gasteiger partial charge in [-0.1, -0.05) is 356 Å². The van der Waals surface area contributed by atoms with Gasteiger partial charge in [0.1, 0.15) is 19.3 Å². The van der Waals surface area contributed by atoms with Gasteiger partial charge in [0.05, 0.1) is 26.4 Å². The van der Waals surface area contributed by atoms with Crippen LogP contribution in [0.2, 0.25) is 0 Å². The van der Waals surface area contributed by atoms with Gasteiger partial charge in [-0.05, 0) is 37.5 Å². The maximum atomic E-state index is 13.1. The highest BCUT2D eigenvalue weighted by atomic mass is 31.2. The molecule has 576 valence electrons. The van der Waals surface area contributed by atoms with E-state index < -0.39 is 97.5 Å². The molecule has 4 unspecified atom stereocenters. The van der Waals surface area contributed by atoms with Crippen LogP contribution in [0, 0.1) is 11.8 Å². The maximum Gasteiger partial charge on any atom is 0.472 e. The Bertz CT molecular complexity index is 1880. The van der Waals surface area contributed by atoms with Crippen molar-refractivity contribution in [1.29, 1.82) is 0 Å². The Morgan fingerprint density at radius 1 is 0.289 bits per heavy atom. The molecule has 0 radical (unpaired) electrons. The molecule has 0 aromatic heterocycles. The Morgan fingerprint density at radius 2 is 0.495 bits per heavy atom. The Kier molecular flexibility index (Phi) is 68.4. The lowest BCUT2D eigenvalue weighted by molar-refractivity contribution is -0.161. The quantitative estimate of drug-likeness (QED) is 0.0222. The van der Waals surface area contributed by atoms with Gasteiger partial charge >= 0.3 is 39.5 Å². The van der Waals surface area contributed by atoms with Crippen LogP contribution in [0.15, 0.2) is 0 Å². The molecule has 7 atom stereocenters. The fraction of sp³-hybridized carbons (Fsp3) is 0.949. The molecular weight excluding hydrogens is 1270 g/mol. The largest absolute Gasteiger partial charge is 0.472 e. The summed E-state index contributed by atoms with van der Waals surface area (Å²) in [5.74, 6) is -0.478. The van der Waals surface area contributed by atoms with Crippen LogP contribution in [-0.2, 0) is 65.4 Å². The number of aliphatic hydroxyl groups excluding tert-OH is 1. The number of esters is 4. The highest BCUT2D eigenvalue weighted by Gasteiger charge is 2.30. The number of carbonyl (C=O) groups is 4. The summed E-state index contributed by atoms with van der Waals surface area (Å²) in [5.41, 5.74) is 0. The summed E-state index contributed by atoms with van der Waals surface area (Å²) in [7, 11) is -9.91. The topological polar surface area (TPSA) is 237 Å². The molecule has 0 saturated heterocycles. The molecule has 0 aliphatic rings. The number of phosphoric acid groups is 2. The summed E-state index contributed by atoms with van der Waals surface area (Å²) >= 11 is 0. The van der Waals surface area contributed by atoms with E-state index in [1.807, 2.05) is 0 Å². The van der Waals surface area contributed by atoms with Crippen molar-refractivity contribution in [2.24, 2.45) is 11.8 Å². The van der Waals surface area contributed by atoms with E-state index in [2.05, 4.69) is 41.5 Å². The highest BCUT2D eigenvalue weighted by molar-refractivity contribution is 7.47. The standard InChI is InChI=1S/C78H152O17P2/c1-7-11-13-15-17-18-19-20-21-27-30-33-36-43-49-55-61-76(81)89-67-74(94-77(82)62-56-50-44-37-34-31-28-25-23-22-24-26-29-32-35-41-46-52-58-70(5)9-3)69-93-97(86,87)91-65-72(79)64-90-96(84,85)92-68-73(66-88-75(80)60-54-48-40-16-14-12-8-2)95-78(83)63-57-51-45-39-38-42-47-53-59-71(6)10-4/h70-74,79H,7-69H2,1-6H3,(H,84,85)(H,86,87)/t70?,71?,72-,73+,74+/m0/s1. The number of hydrogen-bond donors (Lipinski definition) is 3. The zero-order valence-electron chi connectivity index (χ0n) is 63.4. The minimum absolute atomic E-state index is 0.105. The molecule has 0 heterocycles. The van der Waals surface area contributed by atoms with Crippen molar-refractivity contribution in [3.8, 4) is 0 Å². The van der Waals surface area contributed by atoms with Gasteiger partial charge in [0, 0.05) is 25.7 Å². The van der Waals surface area contributed by atoms with Crippen molar-refractivity contribution in [1.82, 2.24) is 0 Å². The molecule has 0 fully saturated rings. The summed E-state index contributed by atoms with van der Waals surface area (Å²) in [6.07, 6.45) is 58.4. The number of rotatable bonds is 77. The second-order valence-electron chi connectivity index (χ2n) is 28.6. The number of carbonyl (C=O) groups excluding carboxylic acids is 4. The molecule has 0 amide bonds. The van der Waals surface area contributed by atoms with Crippen LogP contribution >= 0.6 is 15.6 Å². The van der Waals surface area contributed by atoms with Crippen LogP contribution in [0.1, 0.15) is 408 Å². The predicted molar refractivity (Wildman–Crippen MR) is 395 cm³/mol. The molecule has 0 aliphatic carbocycles. The molecule has 0 bridgehead atoms. The van der Waals surface area contributed by atoms with Crippen LogP contribution in [0.4, 0.5) is 0 Å². The van der Waals surface area contributed by atoms with Crippen LogP contribution in [-0.4, -0.2) is 96.7 Å². The zero-order valence-corrected chi connectivity index (χ0v) is 65.2. The summed E-state index contributed by atoms with van der Waals surface area (Å²) in [4.78, 5) is 72.7. The fourth-order valence-corrected chi connectivity index (χ4v) is 13.5. The SMILES string of the molecule is CCCCCCCCCCCCCCCCCCC(=O)OC[C@H](COP(=O)(O)OC[C@@H](O)COP(=O)(O)OC[C@@H](COC(=O)CCCCCCCCC)OC(=O)CCCCCCCCCCC(C)CC)OC(=O)CCCCCCCCCCCCCCCCCCCCC(C)CC. The third-order valence-corrected chi connectivity index (χ3v) is 20.8. The first-order valence-electron chi connectivity index (χ1n) is 40.6. The summed E-state index contributed by atoms with van der Waals surface area (Å²) < 4.78 is 68.5. The van der Waals surface area contributed by atoms with Gasteiger partial charge in [-0.15, -0.1) is 0 Å². The summed E-state index contributed by atoms with van der Waals surface area (Å²) in [5, 5.41) is 10.6. The van der Waals surface area contributed by atoms with Crippen molar-refractivity contribution >= 4 is 39.5 Å². The lowest BCUT2D eigenvalue weighted by atomic mass is 9.99. The van der Waals surface area contributed by atoms with E-state index >= 15 is 0 Å². The van der Waals surface area contributed by atoms with Gasteiger partial charge in [-0.2, -0.15) is 0 Å². The Balaban J connectivity index is 5.16. The van der Waals surface area contributed by atoms with E-state index in [9.17, 15) is 43.2 Å². The second-order valence-corrected chi connectivity index (χ2v) is 31.5. The molecule has 97 heavy (non-hydrogen) atoms. The van der Waals surface area contributed by atoms with Gasteiger partial charge < -0.3 is 33.8 Å².